The molecule has 0 unspecified atom stereocenters. The molecule has 0 spiro atoms. The summed E-state index contributed by atoms with van der Waals surface area (Å²) in [7, 11) is 0. The van der Waals surface area contributed by atoms with Gasteiger partial charge in [-0.3, -0.25) is 4.79 Å². The Morgan fingerprint density at radius 2 is 1.82 bits per heavy atom. The van der Waals surface area contributed by atoms with E-state index in [0.717, 1.165) is 6.92 Å². The molecule has 0 amide bonds. The molecular weight excluding hydrogens is 247 g/mol. The highest BCUT2D eigenvalue weighted by Crippen LogP contribution is 2.30. The van der Waals surface area contributed by atoms with Gasteiger partial charge in [-0.25, -0.2) is 13.2 Å². The molecule has 0 aliphatic rings. The number of benzene rings is 1. The third-order valence-corrected chi connectivity index (χ3v) is 1.91. The molecule has 0 fully saturated rings. The lowest BCUT2D eigenvalue weighted by Gasteiger charge is -2.10. The molecule has 0 heterocycles. The normalized spacial score (nSPS) is 11.1. The largest absolute Gasteiger partial charge is 0.435 e. The number of halogens is 5. The number of ketones is 1. The summed E-state index contributed by atoms with van der Waals surface area (Å²) < 4.78 is 65.8. The average molecular weight is 254 g/mol. The number of ether oxygens (including phenoxy) is 1. The topological polar surface area (TPSA) is 26.3 Å². The van der Waals surface area contributed by atoms with Crippen molar-refractivity contribution in [1.82, 2.24) is 0 Å². The van der Waals surface area contributed by atoms with Crippen LogP contribution >= 0.6 is 0 Å². The Bertz CT molecular complexity index is 431. The first kappa shape index (κ1) is 13.4. The number of hydrogen-bond donors (Lipinski definition) is 0. The molecular formula is C10H7F5O2. The number of rotatable bonds is 4. The first-order valence-electron chi connectivity index (χ1n) is 4.40. The van der Waals surface area contributed by atoms with Crippen LogP contribution in [-0.4, -0.2) is 12.4 Å². The van der Waals surface area contributed by atoms with Gasteiger partial charge in [-0.15, -0.1) is 0 Å². The monoisotopic (exact) mass is 254 g/mol. The molecule has 0 saturated carbocycles. The molecule has 17 heavy (non-hydrogen) atoms. The zero-order chi connectivity index (χ0) is 13.2. The van der Waals surface area contributed by atoms with Gasteiger partial charge in [0.05, 0.1) is 11.1 Å². The van der Waals surface area contributed by atoms with Crippen LogP contribution in [-0.2, 0) is 0 Å². The van der Waals surface area contributed by atoms with E-state index in [1.807, 2.05) is 0 Å². The van der Waals surface area contributed by atoms with Gasteiger partial charge in [0, 0.05) is 0 Å². The fraction of sp³-hybridized carbons (Fsp3) is 0.300. The van der Waals surface area contributed by atoms with Crippen LogP contribution in [0.15, 0.2) is 12.1 Å². The van der Waals surface area contributed by atoms with E-state index in [9.17, 15) is 26.7 Å². The molecule has 7 heteroatoms. The lowest BCUT2D eigenvalue weighted by Crippen LogP contribution is -2.07. The first-order valence-corrected chi connectivity index (χ1v) is 4.40. The molecule has 94 valence electrons. The Morgan fingerprint density at radius 3 is 2.24 bits per heavy atom. The van der Waals surface area contributed by atoms with E-state index >= 15 is 0 Å². The fourth-order valence-electron chi connectivity index (χ4n) is 1.21. The number of Topliss-reactive ketones (excluding diaryl/α,β-unsaturated/α-hetero) is 1. The predicted molar refractivity (Wildman–Crippen MR) is 48.0 cm³/mol. The van der Waals surface area contributed by atoms with Gasteiger partial charge in [0.15, 0.2) is 5.78 Å². The van der Waals surface area contributed by atoms with Gasteiger partial charge in [-0.1, -0.05) is 0 Å². The summed E-state index contributed by atoms with van der Waals surface area (Å²) >= 11 is 0. The Labute approximate surface area is 93.0 Å². The summed E-state index contributed by atoms with van der Waals surface area (Å²) in [6.45, 7) is -2.31. The molecule has 1 aromatic rings. The Balaban J connectivity index is 3.31. The molecule has 0 atom stereocenters. The summed E-state index contributed by atoms with van der Waals surface area (Å²) in [4.78, 5) is 11.0. The highest BCUT2D eigenvalue weighted by molar-refractivity contribution is 5.95. The van der Waals surface area contributed by atoms with Gasteiger partial charge in [-0.2, -0.15) is 8.78 Å². The summed E-state index contributed by atoms with van der Waals surface area (Å²) in [5.74, 6) is -2.96. The highest BCUT2D eigenvalue weighted by atomic mass is 19.3. The molecule has 0 saturated heterocycles. The quantitative estimate of drug-likeness (QED) is 0.606. The van der Waals surface area contributed by atoms with Gasteiger partial charge in [0.2, 0.25) is 0 Å². The van der Waals surface area contributed by atoms with Crippen LogP contribution in [0.25, 0.3) is 0 Å². The first-order chi connectivity index (χ1) is 7.82. The minimum Gasteiger partial charge on any atom is -0.435 e. The van der Waals surface area contributed by atoms with Gasteiger partial charge < -0.3 is 4.74 Å². The maximum atomic E-state index is 13.3. The van der Waals surface area contributed by atoms with Crippen molar-refractivity contribution in [2.24, 2.45) is 0 Å². The number of carbonyl (C=O) groups excluding carboxylic acids is 1. The summed E-state index contributed by atoms with van der Waals surface area (Å²) in [5.41, 5.74) is -1.85. The highest BCUT2D eigenvalue weighted by Gasteiger charge is 2.21. The molecule has 0 N–H and O–H groups in total. The summed E-state index contributed by atoms with van der Waals surface area (Å²) in [5, 5.41) is 0. The van der Waals surface area contributed by atoms with Crippen LogP contribution in [0.1, 0.15) is 29.3 Å². The van der Waals surface area contributed by atoms with Crippen LogP contribution in [0.5, 0.6) is 5.75 Å². The molecule has 0 radical (unpaired) electrons. The molecule has 0 aliphatic carbocycles. The summed E-state index contributed by atoms with van der Waals surface area (Å²) in [6.07, 6.45) is -3.23. The van der Waals surface area contributed by atoms with E-state index in [2.05, 4.69) is 4.74 Å². The zero-order valence-corrected chi connectivity index (χ0v) is 8.52. The lowest BCUT2D eigenvalue weighted by molar-refractivity contribution is -0.0501. The predicted octanol–water partition coefficient (Wildman–Crippen LogP) is 3.57. The number of carbonyl (C=O) groups is 1. The van der Waals surface area contributed by atoms with E-state index in [-0.39, 0.29) is 0 Å². The third-order valence-electron chi connectivity index (χ3n) is 1.91. The molecule has 0 aromatic heterocycles. The molecule has 2 nitrogen and oxygen atoms in total. The van der Waals surface area contributed by atoms with E-state index in [0.29, 0.717) is 12.1 Å². The van der Waals surface area contributed by atoms with Crippen molar-refractivity contribution >= 4 is 5.78 Å². The average Bonchev–Trinajstić information content (AvgIpc) is 2.18. The van der Waals surface area contributed by atoms with E-state index < -0.39 is 41.5 Å². The second kappa shape index (κ2) is 5.11. The summed E-state index contributed by atoms with van der Waals surface area (Å²) in [6, 6.07) is 1.11. The van der Waals surface area contributed by atoms with E-state index in [1.165, 1.54) is 0 Å². The third kappa shape index (κ3) is 3.15. The van der Waals surface area contributed by atoms with Crippen molar-refractivity contribution in [3.05, 3.63) is 29.1 Å². The zero-order valence-electron chi connectivity index (χ0n) is 8.52. The SMILES string of the molecule is CC(=O)c1cc(OC(F)F)cc(C(F)F)c1F. The Hall–Kier alpha value is -1.66. The minimum absolute atomic E-state index is 0.443. The second-order valence-electron chi connectivity index (χ2n) is 3.11. The van der Waals surface area contributed by atoms with Crippen molar-refractivity contribution in [1.29, 1.82) is 0 Å². The molecule has 1 aromatic carbocycles. The molecule has 0 bridgehead atoms. The van der Waals surface area contributed by atoms with Crippen molar-refractivity contribution in [2.45, 2.75) is 20.0 Å². The Kier molecular flexibility index (Phi) is 4.03. The fourth-order valence-corrected chi connectivity index (χ4v) is 1.21. The molecule has 0 aliphatic heterocycles. The maximum absolute atomic E-state index is 13.3. The van der Waals surface area contributed by atoms with Crippen molar-refractivity contribution in [2.75, 3.05) is 0 Å². The van der Waals surface area contributed by atoms with Gasteiger partial charge in [0.1, 0.15) is 11.6 Å². The maximum Gasteiger partial charge on any atom is 0.387 e. The lowest BCUT2D eigenvalue weighted by atomic mass is 10.1. The van der Waals surface area contributed by atoms with E-state index in [1.54, 1.807) is 0 Å². The van der Waals surface area contributed by atoms with E-state index in [4.69, 9.17) is 0 Å². The standard InChI is InChI=1S/C10H7F5O2/c1-4(16)6-2-5(17-10(14)15)3-7(8(6)11)9(12)13/h2-3,9-10H,1H3. The second-order valence-corrected chi connectivity index (χ2v) is 3.11. The van der Waals surface area contributed by atoms with Crippen LogP contribution in [0.3, 0.4) is 0 Å². The van der Waals surface area contributed by atoms with Gasteiger partial charge >= 0.3 is 6.61 Å². The minimum atomic E-state index is -3.24. The van der Waals surface area contributed by atoms with Crippen molar-refractivity contribution in [3.63, 3.8) is 0 Å². The van der Waals surface area contributed by atoms with Crippen molar-refractivity contribution in [3.8, 4) is 5.75 Å². The molecule has 1 rings (SSSR count). The van der Waals surface area contributed by atoms with Crippen molar-refractivity contribution < 1.29 is 31.5 Å². The van der Waals surface area contributed by atoms with Crippen LogP contribution in [0, 0.1) is 5.82 Å². The number of alkyl halides is 4. The smallest absolute Gasteiger partial charge is 0.387 e. The Morgan fingerprint density at radius 1 is 1.24 bits per heavy atom. The van der Waals surface area contributed by atoms with Gasteiger partial charge in [0.25, 0.3) is 6.43 Å². The van der Waals surface area contributed by atoms with Crippen LogP contribution < -0.4 is 4.74 Å². The van der Waals surface area contributed by atoms with Crippen LogP contribution in [0.2, 0.25) is 0 Å². The number of hydrogen-bond acceptors (Lipinski definition) is 2. The van der Waals surface area contributed by atoms with Crippen LogP contribution in [0.4, 0.5) is 22.0 Å². The van der Waals surface area contributed by atoms with Gasteiger partial charge in [-0.05, 0) is 19.1 Å².